The second kappa shape index (κ2) is 5.79. The van der Waals surface area contributed by atoms with Crippen molar-refractivity contribution in [1.82, 2.24) is 0 Å². The lowest BCUT2D eigenvalue weighted by Crippen LogP contribution is -2.14. The summed E-state index contributed by atoms with van der Waals surface area (Å²) < 4.78 is 23.5. The number of anilines is 1. The Kier molecular flexibility index (Phi) is 3.86. The lowest BCUT2D eigenvalue weighted by molar-refractivity contribution is 0.174. The summed E-state index contributed by atoms with van der Waals surface area (Å²) in [6.45, 7) is -0.0129. The first-order chi connectivity index (χ1) is 10.2. The van der Waals surface area contributed by atoms with Crippen molar-refractivity contribution in [3.8, 4) is 11.5 Å². The summed E-state index contributed by atoms with van der Waals surface area (Å²) in [5.74, 6) is 0.753. The first-order valence-electron chi connectivity index (χ1n) is 6.39. The molecule has 0 aliphatic carbocycles. The molecule has 0 bridgehead atoms. The van der Waals surface area contributed by atoms with E-state index in [1.54, 1.807) is 24.3 Å². The third kappa shape index (κ3) is 2.89. The molecular formula is C15H13ClFNO3. The average Bonchev–Trinajstić information content (AvgIpc) is 2.95. The number of nitrogens with one attached hydrogen (secondary N) is 1. The van der Waals surface area contributed by atoms with E-state index >= 15 is 0 Å². The first-order valence-corrected chi connectivity index (χ1v) is 6.77. The van der Waals surface area contributed by atoms with E-state index in [9.17, 15) is 9.50 Å². The van der Waals surface area contributed by atoms with Crippen molar-refractivity contribution >= 4 is 17.3 Å². The Morgan fingerprint density at radius 3 is 2.71 bits per heavy atom. The molecule has 0 amide bonds. The van der Waals surface area contributed by atoms with Crippen LogP contribution in [0.1, 0.15) is 11.6 Å². The van der Waals surface area contributed by atoms with Gasteiger partial charge in [-0.15, -0.1) is 0 Å². The third-order valence-corrected chi connectivity index (χ3v) is 3.50. The van der Waals surface area contributed by atoms with Crippen molar-refractivity contribution in [3.63, 3.8) is 0 Å². The molecule has 0 aromatic heterocycles. The van der Waals surface area contributed by atoms with Gasteiger partial charge in [0.15, 0.2) is 11.5 Å². The number of aliphatic hydroxyl groups is 1. The number of rotatable bonds is 4. The van der Waals surface area contributed by atoms with Gasteiger partial charge < -0.3 is 19.9 Å². The Hall–Kier alpha value is -1.98. The topological polar surface area (TPSA) is 50.7 Å². The first kappa shape index (κ1) is 14.0. The van der Waals surface area contributed by atoms with Crippen LogP contribution in [0.2, 0.25) is 5.02 Å². The predicted octanol–water partition coefficient (Wildman–Crippen LogP) is 3.35. The molecule has 0 spiro atoms. The van der Waals surface area contributed by atoms with E-state index in [4.69, 9.17) is 21.1 Å². The van der Waals surface area contributed by atoms with Gasteiger partial charge in [-0.2, -0.15) is 0 Å². The monoisotopic (exact) mass is 309 g/mol. The molecule has 2 aromatic rings. The summed E-state index contributed by atoms with van der Waals surface area (Å²) in [4.78, 5) is 0. The standard InChI is InChI=1S/C15H13ClFNO3/c16-12-5-9(6-14-15(12)21-8-20-14)13(7-19)18-11-3-1-10(17)2-4-11/h1-6,13,18-19H,7-8H2. The highest BCUT2D eigenvalue weighted by Gasteiger charge is 2.21. The number of fused-ring (bicyclic) bond motifs is 1. The molecule has 2 aromatic carbocycles. The molecule has 110 valence electrons. The number of hydrogen-bond acceptors (Lipinski definition) is 4. The van der Waals surface area contributed by atoms with Gasteiger partial charge in [0.1, 0.15) is 5.82 Å². The molecule has 1 atom stereocenters. The smallest absolute Gasteiger partial charge is 0.231 e. The number of benzene rings is 2. The lowest BCUT2D eigenvalue weighted by Gasteiger charge is -2.19. The van der Waals surface area contributed by atoms with Gasteiger partial charge in [-0.25, -0.2) is 4.39 Å². The van der Waals surface area contributed by atoms with Crippen LogP contribution in [0, 0.1) is 5.82 Å². The SMILES string of the molecule is OCC(Nc1ccc(F)cc1)c1cc(Cl)c2c(c1)OCO2. The van der Waals surface area contributed by atoms with Crippen LogP contribution in [-0.4, -0.2) is 18.5 Å². The highest BCUT2D eigenvalue weighted by atomic mass is 35.5. The highest BCUT2D eigenvalue weighted by Crippen LogP contribution is 2.41. The van der Waals surface area contributed by atoms with Crippen LogP contribution in [0.5, 0.6) is 11.5 Å². The largest absolute Gasteiger partial charge is 0.454 e. The predicted molar refractivity (Wildman–Crippen MR) is 77.4 cm³/mol. The van der Waals surface area contributed by atoms with Gasteiger partial charge in [0.2, 0.25) is 6.79 Å². The molecule has 3 rings (SSSR count). The van der Waals surface area contributed by atoms with Crippen LogP contribution in [0.4, 0.5) is 10.1 Å². The summed E-state index contributed by atoms with van der Waals surface area (Å²) in [7, 11) is 0. The molecule has 1 aliphatic rings. The van der Waals surface area contributed by atoms with Crippen molar-refractivity contribution in [2.75, 3.05) is 18.7 Å². The molecule has 1 aliphatic heterocycles. The maximum atomic E-state index is 12.9. The second-order valence-corrected chi connectivity index (χ2v) is 5.03. The Balaban J connectivity index is 1.86. The Morgan fingerprint density at radius 2 is 2.00 bits per heavy atom. The van der Waals surface area contributed by atoms with Gasteiger partial charge in [-0.3, -0.25) is 0 Å². The van der Waals surface area contributed by atoms with Crippen molar-refractivity contribution < 1.29 is 19.0 Å². The van der Waals surface area contributed by atoms with Crippen LogP contribution >= 0.6 is 11.6 Å². The fraction of sp³-hybridized carbons (Fsp3) is 0.200. The van der Waals surface area contributed by atoms with E-state index < -0.39 is 0 Å². The van der Waals surface area contributed by atoms with E-state index in [1.807, 2.05) is 0 Å². The zero-order chi connectivity index (χ0) is 14.8. The number of aliphatic hydroxyl groups excluding tert-OH is 1. The molecule has 2 N–H and O–H groups in total. The van der Waals surface area contributed by atoms with Gasteiger partial charge >= 0.3 is 0 Å². The fourth-order valence-electron chi connectivity index (χ4n) is 2.17. The van der Waals surface area contributed by atoms with Gasteiger partial charge in [0, 0.05) is 5.69 Å². The van der Waals surface area contributed by atoms with E-state index in [2.05, 4.69) is 5.32 Å². The zero-order valence-corrected chi connectivity index (χ0v) is 11.7. The number of hydrogen-bond donors (Lipinski definition) is 2. The van der Waals surface area contributed by atoms with Gasteiger partial charge in [-0.05, 0) is 42.0 Å². The minimum atomic E-state index is -0.387. The minimum Gasteiger partial charge on any atom is -0.454 e. The molecule has 6 heteroatoms. The molecule has 0 saturated heterocycles. The maximum Gasteiger partial charge on any atom is 0.231 e. The summed E-state index contributed by atoms with van der Waals surface area (Å²) in [6, 6.07) is 9.01. The molecule has 0 radical (unpaired) electrons. The Labute approximate surface area is 126 Å². The summed E-state index contributed by atoms with van der Waals surface area (Å²) in [5, 5.41) is 13.1. The van der Waals surface area contributed by atoms with Crippen molar-refractivity contribution in [2.24, 2.45) is 0 Å². The second-order valence-electron chi connectivity index (χ2n) is 4.62. The molecule has 1 unspecified atom stereocenters. The molecule has 21 heavy (non-hydrogen) atoms. The van der Waals surface area contributed by atoms with Gasteiger partial charge in [0.25, 0.3) is 0 Å². The van der Waals surface area contributed by atoms with E-state index in [0.717, 1.165) is 5.56 Å². The van der Waals surface area contributed by atoms with E-state index in [1.165, 1.54) is 12.1 Å². The number of ether oxygens (including phenoxy) is 2. The molecular weight excluding hydrogens is 297 g/mol. The number of halogens is 2. The van der Waals surface area contributed by atoms with E-state index in [-0.39, 0.29) is 25.3 Å². The minimum absolute atomic E-state index is 0.133. The highest BCUT2D eigenvalue weighted by molar-refractivity contribution is 6.32. The summed E-state index contributed by atoms with van der Waals surface area (Å²) >= 11 is 6.14. The lowest BCUT2D eigenvalue weighted by atomic mass is 10.1. The van der Waals surface area contributed by atoms with E-state index in [0.29, 0.717) is 22.2 Å². The molecule has 1 heterocycles. The Morgan fingerprint density at radius 1 is 1.24 bits per heavy atom. The van der Waals surface area contributed by atoms with Crippen molar-refractivity contribution in [3.05, 3.63) is 52.8 Å². The molecule has 0 fully saturated rings. The summed E-state index contributed by atoms with van der Waals surface area (Å²) in [6.07, 6.45) is 0. The fourth-order valence-corrected chi connectivity index (χ4v) is 2.44. The van der Waals surface area contributed by atoms with Crippen LogP contribution in [0.3, 0.4) is 0 Å². The van der Waals surface area contributed by atoms with Crippen LogP contribution < -0.4 is 14.8 Å². The van der Waals surface area contributed by atoms with Gasteiger partial charge in [0.05, 0.1) is 17.7 Å². The maximum absolute atomic E-state index is 12.9. The van der Waals surface area contributed by atoms with Gasteiger partial charge in [-0.1, -0.05) is 11.6 Å². The average molecular weight is 310 g/mol. The van der Waals surface area contributed by atoms with Crippen molar-refractivity contribution in [1.29, 1.82) is 0 Å². The zero-order valence-electron chi connectivity index (χ0n) is 11.0. The third-order valence-electron chi connectivity index (χ3n) is 3.22. The van der Waals surface area contributed by atoms with Crippen molar-refractivity contribution in [2.45, 2.75) is 6.04 Å². The summed E-state index contributed by atoms with van der Waals surface area (Å²) in [5.41, 5.74) is 1.46. The quantitative estimate of drug-likeness (QED) is 0.909. The molecule has 4 nitrogen and oxygen atoms in total. The van der Waals surface area contributed by atoms with Crippen LogP contribution in [-0.2, 0) is 0 Å². The Bertz CT molecular complexity index is 648. The van der Waals surface area contributed by atoms with Crippen LogP contribution in [0.25, 0.3) is 0 Å². The normalized spacial score (nSPS) is 14.0. The van der Waals surface area contributed by atoms with Crippen LogP contribution in [0.15, 0.2) is 36.4 Å². The molecule has 0 saturated carbocycles.